The zero-order valence-corrected chi connectivity index (χ0v) is 68.0. The zero-order chi connectivity index (χ0) is 76.0. The third kappa shape index (κ3) is 76.4. The first kappa shape index (κ1) is 100. The summed E-state index contributed by atoms with van der Waals surface area (Å²) in [5.41, 5.74) is 0. The number of rotatable bonds is 79. The van der Waals surface area contributed by atoms with Crippen molar-refractivity contribution in [2.75, 3.05) is 39.6 Å². The Morgan fingerprint density at radius 2 is 0.490 bits per heavy atom. The van der Waals surface area contributed by atoms with E-state index >= 15 is 0 Å². The number of ether oxygens (including phenoxy) is 4. The molecule has 0 amide bonds. The number of phosphoric ester groups is 2. The summed E-state index contributed by atoms with van der Waals surface area (Å²) in [5.74, 6) is -2.26. The van der Waals surface area contributed by atoms with E-state index < -0.39 is 97.5 Å². The van der Waals surface area contributed by atoms with E-state index in [0.29, 0.717) is 32.1 Å². The molecule has 0 aromatic carbocycles. The maximum absolute atomic E-state index is 13.1. The molecule has 0 fully saturated rings. The van der Waals surface area contributed by atoms with Crippen molar-refractivity contribution in [3.63, 3.8) is 0 Å². The van der Waals surface area contributed by atoms with Gasteiger partial charge in [0.05, 0.1) is 26.4 Å². The molecule has 0 saturated heterocycles. The van der Waals surface area contributed by atoms with Gasteiger partial charge in [-0.3, -0.25) is 37.3 Å². The Bertz CT molecular complexity index is 2300. The van der Waals surface area contributed by atoms with E-state index in [1.54, 1.807) is 0 Å². The summed E-state index contributed by atoms with van der Waals surface area (Å²) < 4.78 is 68.6. The molecule has 17 nitrogen and oxygen atoms in total. The molecule has 19 heteroatoms. The van der Waals surface area contributed by atoms with Gasteiger partial charge < -0.3 is 33.8 Å². The van der Waals surface area contributed by atoms with Gasteiger partial charge in [-0.2, -0.15) is 0 Å². The summed E-state index contributed by atoms with van der Waals surface area (Å²) >= 11 is 0. The molecular weight excluding hydrogens is 1350 g/mol. The predicted octanol–water partition coefficient (Wildman–Crippen LogP) is 24.6. The molecule has 0 aliphatic heterocycles. The molecule has 0 rings (SSSR count). The smallest absolute Gasteiger partial charge is 0.462 e. The molecule has 0 aliphatic carbocycles. The van der Waals surface area contributed by atoms with Gasteiger partial charge in [0.2, 0.25) is 0 Å². The Morgan fingerprint density at radius 3 is 0.817 bits per heavy atom. The van der Waals surface area contributed by atoms with Gasteiger partial charge >= 0.3 is 39.5 Å². The first-order valence-electron chi connectivity index (χ1n) is 41.8. The van der Waals surface area contributed by atoms with Crippen LogP contribution in [0.3, 0.4) is 0 Å². The molecular formula is C85H152O17P2. The van der Waals surface area contributed by atoms with E-state index in [9.17, 15) is 43.2 Å². The predicted molar refractivity (Wildman–Crippen MR) is 427 cm³/mol. The molecule has 0 saturated carbocycles. The molecule has 0 radical (unpaired) electrons. The van der Waals surface area contributed by atoms with E-state index in [-0.39, 0.29) is 25.7 Å². The number of carbonyl (C=O) groups excluding carboxylic acids is 4. The SMILES string of the molecule is CCCCC/C=C\C/C=C\C/C=C\C/C=C\C/C=C\CCC(=O)O[C@H](COC(=O)CCCCCCC/C=C\CCCCCCCC)COP(=O)(O)OC[C@@H](O)COP(=O)(O)OC[C@@H](COC(=O)CCCCCCCCC/C=C\CCCCCC)OC(=O)CCCCCCCCCCCCCCCCC. The van der Waals surface area contributed by atoms with Crippen molar-refractivity contribution >= 4 is 39.5 Å². The number of phosphoric acid groups is 2. The number of aliphatic hydroxyl groups is 1. The van der Waals surface area contributed by atoms with Crippen LogP contribution in [0, 0.1) is 0 Å². The molecule has 0 aromatic heterocycles. The highest BCUT2D eigenvalue weighted by atomic mass is 31.2. The standard InChI is InChI=1S/C85H152O17P2/c1-5-9-13-17-21-25-29-33-37-38-39-40-44-48-52-56-60-64-68-72-85(90)102-81(76-96-83(88)70-66-62-58-54-50-46-42-35-31-27-23-19-15-11-7-3)78-100-104(93,94)98-74-79(86)73-97-103(91,92)99-77-80(101-84(89)71-67-63-59-55-51-47-43-36-32-28-24-20-16-12-8-4)75-95-82(87)69-65-61-57-53-49-45-41-34-30-26-22-18-14-10-6-2/h21,25-26,30,33,35,37,39-40,42,48,52,60,64,79-81,86H,5-20,22-24,27-29,31-32,34,36,38,41,43-47,49-51,53-59,61-63,65-78H2,1-4H3,(H,91,92)(H,93,94)/b25-21-,30-26-,37-33-,40-39-,42-35-,52-48-,64-60-/t79-,80+,81+/m0/s1. The van der Waals surface area contributed by atoms with Crippen LogP contribution in [0.5, 0.6) is 0 Å². The lowest BCUT2D eigenvalue weighted by Gasteiger charge is -2.21. The van der Waals surface area contributed by atoms with Crippen LogP contribution >= 0.6 is 15.6 Å². The Balaban J connectivity index is 5.41. The number of carbonyl (C=O) groups is 4. The molecule has 5 atom stereocenters. The summed E-state index contributed by atoms with van der Waals surface area (Å²) in [6.07, 6.45) is 81.3. The van der Waals surface area contributed by atoms with E-state index in [0.717, 1.165) is 128 Å². The van der Waals surface area contributed by atoms with Crippen LogP contribution in [0.4, 0.5) is 0 Å². The molecule has 0 aliphatic rings. The highest BCUT2D eigenvalue weighted by molar-refractivity contribution is 7.47. The average molecular weight is 1510 g/mol. The van der Waals surface area contributed by atoms with Crippen molar-refractivity contribution in [2.24, 2.45) is 0 Å². The number of aliphatic hydroxyl groups excluding tert-OH is 1. The summed E-state index contributed by atoms with van der Waals surface area (Å²) in [5, 5.41) is 10.7. The fourth-order valence-corrected chi connectivity index (χ4v) is 13.0. The van der Waals surface area contributed by atoms with Crippen LogP contribution in [0.2, 0.25) is 0 Å². The second-order valence-corrected chi connectivity index (χ2v) is 31.0. The maximum atomic E-state index is 13.1. The van der Waals surface area contributed by atoms with E-state index in [1.807, 2.05) is 18.2 Å². The van der Waals surface area contributed by atoms with Crippen LogP contribution in [-0.4, -0.2) is 96.7 Å². The van der Waals surface area contributed by atoms with Gasteiger partial charge in [-0.05, 0) is 116 Å². The first-order chi connectivity index (χ1) is 50.7. The monoisotopic (exact) mass is 1510 g/mol. The summed E-state index contributed by atoms with van der Waals surface area (Å²) in [7, 11) is -9.98. The summed E-state index contributed by atoms with van der Waals surface area (Å²) in [6.45, 7) is 4.81. The van der Waals surface area contributed by atoms with Crippen molar-refractivity contribution in [2.45, 2.75) is 393 Å². The van der Waals surface area contributed by atoms with Crippen molar-refractivity contribution in [3.05, 3.63) is 85.1 Å². The molecule has 0 heterocycles. The third-order valence-corrected chi connectivity index (χ3v) is 19.7. The Morgan fingerprint density at radius 1 is 0.269 bits per heavy atom. The minimum atomic E-state index is -5.00. The van der Waals surface area contributed by atoms with Gasteiger partial charge in [-0.1, -0.05) is 318 Å². The topological polar surface area (TPSA) is 237 Å². The van der Waals surface area contributed by atoms with Crippen LogP contribution < -0.4 is 0 Å². The number of unbranched alkanes of at least 4 members (excludes halogenated alkanes) is 39. The number of allylic oxidation sites excluding steroid dienone is 14. The number of hydrogen-bond donors (Lipinski definition) is 3. The van der Waals surface area contributed by atoms with Crippen LogP contribution in [0.25, 0.3) is 0 Å². The Hall–Kier alpha value is -3.76. The van der Waals surface area contributed by atoms with Gasteiger partial charge in [-0.25, -0.2) is 9.13 Å². The van der Waals surface area contributed by atoms with Crippen LogP contribution in [0.15, 0.2) is 85.1 Å². The summed E-state index contributed by atoms with van der Waals surface area (Å²) in [6, 6.07) is 0. The van der Waals surface area contributed by atoms with Crippen LogP contribution in [0.1, 0.15) is 374 Å². The van der Waals surface area contributed by atoms with Gasteiger partial charge in [0, 0.05) is 25.7 Å². The fourth-order valence-electron chi connectivity index (χ4n) is 11.4. The van der Waals surface area contributed by atoms with Gasteiger partial charge in [0.15, 0.2) is 12.2 Å². The highest BCUT2D eigenvalue weighted by Gasteiger charge is 2.30. The zero-order valence-electron chi connectivity index (χ0n) is 66.2. The lowest BCUT2D eigenvalue weighted by molar-refractivity contribution is -0.161. The normalized spacial score (nSPS) is 14.3. The van der Waals surface area contributed by atoms with E-state index in [4.69, 9.17) is 37.0 Å². The first-order valence-corrected chi connectivity index (χ1v) is 44.8. The minimum Gasteiger partial charge on any atom is -0.462 e. The minimum absolute atomic E-state index is 0.0281. The molecule has 2 unspecified atom stereocenters. The maximum Gasteiger partial charge on any atom is 0.472 e. The molecule has 0 spiro atoms. The van der Waals surface area contributed by atoms with Crippen molar-refractivity contribution in [1.82, 2.24) is 0 Å². The number of esters is 4. The molecule has 3 N–H and O–H groups in total. The third-order valence-electron chi connectivity index (χ3n) is 17.8. The second kappa shape index (κ2) is 77.4. The second-order valence-electron chi connectivity index (χ2n) is 28.1. The molecule has 0 aromatic rings. The van der Waals surface area contributed by atoms with E-state index in [2.05, 4.69) is 94.5 Å². The lowest BCUT2D eigenvalue weighted by Crippen LogP contribution is -2.30. The fraction of sp³-hybridized carbons (Fsp3) is 0.788. The number of hydrogen-bond acceptors (Lipinski definition) is 15. The molecule has 104 heavy (non-hydrogen) atoms. The van der Waals surface area contributed by atoms with Gasteiger partial charge in [0.25, 0.3) is 0 Å². The van der Waals surface area contributed by atoms with Crippen molar-refractivity contribution in [1.29, 1.82) is 0 Å². The van der Waals surface area contributed by atoms with Gasteiger partial charge in [0.1, 0.15) is 19.3 Å². The quantitative estimate of drug-likeness (QED) is 0.0169. The van der Waals surface area contributed by atoms with Gasteiger partial charge in [-0.15, -0.1) is 0 Å². The Kier molecular flexibility index (Phi) is 74.6. The lowest BCUT2D eigenvalue weighted by atomic mass is 10.0. The Labute approximate surface area is 634 Å². The highest BCUT2D eigenvalue weighted by Crippen LogP contribution is 2.45. The van der Waals surface area contributed by atoms with Crippen molar-refractivity contribution < 1.29 is 80.2 Å². The largest absolute Gasteiger partial charge is 0.472 e. The van der Waals surface area contributed by atoms with Crippen LogP contribution in [-0.2, 0) is 65.4 Å². The molecule has 604 valence electrons. The van der Waals surface area contributed by atoms with Crippen molar-refractivity contribution in [3.8, 4) is 0 Å². The summed E-state index contributed by atoms with van der Waals surface area (Å²) in [4.78, 5) is 73.1. The average Bonchev–Trinajstić information content (AvgIpc) is 0.943. The molecule has 0 bridgehead atoms. The van der Waals surface area contributed by atoms with E-state index in [1.165, 1.54) is 161 Å².